The molecule has 0 bridgehead atoms. The van der Waals surface area contributed by atoms with Gasteiger partial charge < -0.3 is 15.2 Å². The molecule has 5 nitrogen and oxygen atoms in total. The fraction of sp³-hybridized carbons (Fsp3) is 0.429. The summed E-state index contributed by atoms with van der Waals surface area (Å²) in [5, 5.41) is 0.615. The van der Waals surface area contributed by atoms with Gasteiger partial charge in [0.25, 0.3) is 0 Å². The monoisotopic (exact) mass is 292 g/mol. The largest absolute Gasteiger partial charge is 0.369 e. The van der Waals surface area contributed by atoms with Gasteiger partial charge in [-0.05, 0) is 37.5 Å². The molecule has 0 radical (unpaired) electrons. The predicted octanol–water partition coefficient (Wildman–Crippen LogP) is 2.28. The number of imidazole rings is 1. The molecule has 6 heteroatoms. The number of nitrogens with two attached hydrogens (primary N) is 1. The summed E-state index contributed by atoms with van der Waals surface area (Å²) in [7, 11) is 0. The Hall–Kier alpha value is -1.75. The van der Waals surface area contributed by atoms with Crippen LogP contribution in [0.2, 0.25) is 5.02 Å². The number of likely N-dealkylation sites (tertiary alicyclic amines) is 1. The second-order valence-corrected chi connectivity index (χ2v) is 5.57. The highest BCUT2D eigenvalue weighted by Crippen LogP contribution is 2.22. The molecule has 0 saturated carbocycles. The number of nitrogens with zero attached hydrogens (tertiary/aromatic N) is 3. The van der Waals surface area contributed by atoms with Crippen molar-refractivity contribution in [2.24, 2.45) is 0 Å². The van der Waals surface area contributed by atoms with Crippen LogP contribution in [0, 0.1) is 0 Å². The van der Waals surface area contributed by atoms with Crippen LogP contribution in [-0.2, 0) is 11.3 Å². The number of anilines is 1. The second kappa shape index (κ2) is 5.32. The van der Waals surface area contributed by atoms with E-state index in [2.05, 4.69) is 4.98 Å². The number of fused-ring (bicyclic) bond motifs is 1. The molecule has 2 heterocycles. The maximum atomic E-state index is 12.3. The van der Waals surface area contributed by atoms with E-state index in [-0.39, 0.29) is 12.5 Å². The van der Waals surface area contributed by atoms with Crippen molar-refractivity contribution in [3.8, 4) is 0 Å². The minimum absolute atomic E-state index is 0.102. The first-order valence-corrected chi connectivity index (χ1v) is 7.22. The molecular formula is C14H17ClN4O. The number of amides is 1. The van der Waals surface area contributed by atoms with Crippen molar-refractivity contribution in [1.29, 1.82) is 0 Å². The summed E-state index contributed by atoms with van der Waals surface area (Å²) in [6.45, 7) is 1.93. The molecule has 1 fully saturated rings. The smallest absolute Gasteiger partial charge is 0.242 e. The third-order valence-corrected chi connectivity index (χ3v) is 3.98. The first kappa shape index (κ1) is 13.2. The average molecular weight is 293 g/mol. The van der Waals surface area contributed by atoms with Gasteiger partial charge in [0.1, 0.15) is 6.54 Å². The molecule has 1 aliphatic rings. The normalized spacial score (nSPS) is 15.8. The van der Waals surface area contributed by atoms with Crippen molar-refractivity contribution in [1.82, 2.24) is 14.5 Å². The van der Waals surface area contributed by atoms with Gasteiger partial charge in [0.2, 0.25) is 11.9 Å². The van der Waals surface area contributed by atoms with Gasteiger partial charge >= 0.3 is 0 Å². The zero-order valence-electron chi connectivity index (χ0n) is 11.2. The van der Waals surface area contributed by atoms with Gasteiger partial charge in [-0.3, -0.25) is 4.79 Å². The van der Waals surface area contributed by atoms with E-state index in [4.69, 9.17) is 17.3 Å². The fourth-order valence-corrected chi connectivity index (χ4v) is 2.83. The molecule has 2 aromatic rings. The Balaban J connectivity index is 1.86. The molecule has 0 unspecified atom stereocenters. The Morgan fingerprint density at radius 3 is 2.80 bits per heavy atom. The molecule has 0 aliphatic carbocycles. The Kier molecular flexibility index (Phi) is 3.53. The molecule has 0 atom stereocenters. The Morgan fingerprint density at radius 2 is 2.05 bits per heavy atom. The van der Waals surface area contributed by atoms with E-state index in [0.717, 1.165) is 37.0 Å². The maximum absolute atomic E-state index is 12.3. The SMILES string of the molecule is Nc1nc2cc(Cl)ccc2n1CC(=O)N1CCCCC1. The molecule has 2 N–H and O–H groups in total. The molecule has 20 heavy (non-hydrogen) atoms. The lowest BCUT2D eigenvalue weighted by Gasteiger charge is -2.27. The average Bonchev–Trinajstić information content (AvgIpc) is 2.75. The number of hydrogen-bond donors (Lipinski definition) is 1. The summed E-state index contributed by atoms with van der Waals surface area (Å²) in [6, 6.07) is 5.40. The van der Waals surface area contributed by atoms with E-state index < -0.39 is 0 Å². The highest BCUT2D eigenvalue weighted by molar-refractivity contribution is 6.31. The summed E-state index contributed by atoms with van der Waals surface area (Å²) >= 11 is 5.94. The van der Waals surface area contributed by atoms with Crippen molar-refractivity contribution in [3.63, 3.8) is 0 Å². The van der Waals surface area contributed by atoms with E-state index in [9.17, 15) is 4.79 Å². The van der Waals surface area contributed by atoms with E-state index in [0.29, 0.717) is 11.0 Å². The van der Waals surface area contributed by atoms with Crippen LogP contribution >= 0.6 is 11.6 Å². The lowest BCUT2D eigenvalue weighted by atomic mass is 10.1. The summed E-state index contributed by atoms with van der Waals surface area (Å²) in [4.78, 5) is 18.5. The standard InChI is InChI=1S/C14H17ClN4O/c15-10-4-5-12-11(8-10)17-14(16)19(12)9-13(20)18-6-2-1-3-7-18/h4-5,8H,1-3,6-7,9H2,(H2,16,17). The van der Waals surface area contributed by atoms with Crippen LogP contribution in [0.1, 0.15) is 19.3 Å². The molecular weight excluding hydrogens is 276 g/mol. The second-order valence-electron chi connectivity index (χ2n) is 5.13. The number of halogens is 1. The Morgan fingerprint density at radius 1 is 1.30 bits per heavy atom. The zero-order valence-corrected chi connectivity index (χ0v) is 11.9. The topological polar surface area (TPSA) is 64.1 Å². The van der Waals surface area contributed by atoms with Crippen molar-refractivity contribution < 1.29 is 4.79 Å². The third kappa shape index (κ3) is 2.45. The van der Waals surface area contributed by atoms with Gasteiger partial charge in [-0.1, -0.05) is 11.6 Å². The highest BCUT2D eigenvalue weighted by atomic mass is 35.5. The van der Waals surface area contributed by atoms with E-state index >= 15 is 0 Å². The molecule has 1 saturated heterocycles. The lowest BCUT2D eigenvalue weighted by molar-refractivity contribution is -0.132. The summed E-state index contributed by atoms with van der Waals surface area (Å²) in [5.41, 5.74) is 7.49. The van der Waals surface area contributed by atoms with Crippen LogP contribution in [-0.4, -0.2) is 33.4 Å². The van der Waals surface area contributed by atoms with E-state index in [1.807, 2.05) is 11.0 Å². The number of carbonyl (C=O) groups is 1. The molecule has 3 rings (SSSR count). The van der Waals surface area contributed by atoms with Crippen molar-refractivity contribution in [2.75, 3.05) is 18.8 Å². The highest BCUT2D eigenvalue weighted by Gasteiger charge is 2.19. The van der Waals surface area contributed by atoms with Crippen LogP contribution in [0.4, 0.5) is 5.95 Å². The number of piperidine rings is 1. The maximum Gasteiger partial charge on any atom is 0.242 e. The number of benzene rings is 1. The molecule has 106 valence electrons. The Labute approximate surface area is 122 Å². The van der Waals surface area contributed by atoms with E-state index in [1.165, 1.54) is 6.42 Å². The molecule has 1 aromatic carbocycles. The third-order valence-electron chi connectivity index (χ3n) is 3.74. The lowest BCUT2D eigenvalue weighted by Crippen LogP contribution is -2.37. The quantitative estimate of drug-likeness (QED) is 0.923. The number of hydrogen-bond acceptors (Lipinski definition) is 3. The van der Waals surface area contributed by atoms with Gasteiger partial charge in [-0.15, -0.1) is 0 Å². The molecule has 0 spiro atoms. The fourth-order valence-electron chi connectivity index (χ4n) is 2.67. The summed E-state index contributed by atoms with van der Waals surface area (Å²) < 4.78 is 1.75. The molecule has 1 amide bonds. The molecule has 1 aliphatic heterocycles. The van der Waals surface area contributed by atoms with E-state index in [1.54, 1.807) is 16.7 Å². The first-order valence-electron chi connectivity index (χ1n) is 6.84. The molecule has 1 aromatic heterocycles. The first-order chi connectivity index (χ1) is 9.65. The minimum Gasteiger partial charge on any atom is -0.369 e. The van der Waals surface area contributed by atoms with Gasteiger partial charge in [-0.2, -0.15) is 0 Å². The van der Waals surface area contributed by atoms with Gasteiger partial charge in [0, 0.05) is 18.1 Å². The number of rotatable bonds is 2. The van der Waals surface area contributed by atoms with Crippen LogP contribution in [0.5, 0.6) is 0 Å². The number of nitrogen functional groups attached to an aromatic ring is 1. The minimum atomic E-state index is 0.102. The Bertz CT molecular complexity index is 646. The van der Waals surface area contributed by atoms with Crippen LogP contribution in [0.3, 0.4) is 0 Å². The summed E-state index contributed by atoms with van der Waals surface area (Å²) in [5.74, 6) is 0.457. The van der Waals surface area contributed by atoms with Crippen LogP contribution < -0.4 is 5.73 Å². The van der Waals surface area contributed by atoms with Crippen molar-refractivity contribution in [3.05, 3.63) is 23.2 Å². The van der Waals surface area contributed by atoms with Gasteiger partial charge in [0.15, 0.2) is 0 Å². The van der Waals surface area contributed by atoms with Gasteiger partial charge in [0.05, 0.1) is 11.0 Å². The van der Waals surface area contributed by atoms with Gasteiger partial charge in [-0.25, -0.2) is 4.98 Å². The number of carbonyl (C=O) groups excluding carboxylic acids is 1. The van der Waals surface area contributed by atoms with Crippen LogP contribution in [0.25, 0.3) is 11.0 Å². The zero-order chi connectivity index (χ0) is 14.1. The van der Waals surface area contributed by atoms with Crippen molar-refractivity contribution >= 4 is 34.5 Å². The summed E-state index contributed by atoms with van der Waals surface area (Å²) in [6.07, 6.45) is 3.38. The van der Waals surface area contributed by atoms with Crippen molar-refractivity contribution in [2.45, 2.75) is 25.8 Å². The van der Waals surface area contributed by atoms with Crippen LogP contribution in [0.15, 0.2) is 18.2 Å². The number of aromatic nitrogens is 2. The predicted molar refractivity (Wildman–Crippen MR) is 79.6 cm³/mol.